The first-order valence-corrected chi connectivity index (χ1v) is 6.33. The summed E-state index contributed by atoms with van der Waals surface area (Å²) in [6.07, 6.45) is 0. The molecule has 5 heteroatoms. The molecule has 0 aromatic carbocycles. The summed E-state index contributed by atoms with van der Waals surface area (Å²) in [5, 5.41) is 3.36. The van der Waals surface area contributed by atoms with Crippen LogP contribution in [-0.4, -0.2) is 78.3 Å². The topological polar surface area (TPSA) is 43.0 Å². The summed E-state index contributed by atoms with van der Waals surface area (Å²) in [7, 11) is 3.46. The Kier molecular flexibility index (Phi) is 13.7. The molecule has 0 spiro atoms. The monoisotopic (exact) mass is 248 g/mol. The van der Waals surface area contributed by atoms with Gasteiger partial charge in [-0.2, -0.15) is 0 Å². The number of rotatable bonds is 13. The van der Waals surface area contributed by atoms with Crippen LogP contribution in [0.2, 0.25) is 0 Å². The first kappa shape index (κ1) is 16.8. The molecule has 0 saturated heterocycles. The zero-order chi connectivity index (χ0) is 12.8. The summed E-state index contributed by atoms with van der Waals surface area (Å²) in [6.45, 7) is 9.92. The molecule has 0 aromatic rings. The third kappa shape index (κ3) is 12.1. The van der Waals surface area contributed by atoms with Crippen molar-refractivity contribution in [2.45, 2.75) is 6.92 Å². The molecule has 0 aliphatic rings. The summed E-state index contributed by atoms with van der Waals surface area (Å²) >= 11 is 0. The van der Waals surface area contributed by atoms with E-state index < -0.39 is 0 Å². The Morgan fingerprint density at radius 2 is 1.53 bits per heavy atom. The minimum Gasteiger partial charge on any atom is -0.383 e. The lowest BCUT2D eigenvalue weighted by Crippen LogP contribution is -2.37. The molecule has 0 aliphatic heterocycles. The van der Waals surface area contributed by atoms with Crippen molar-refractivity contribution in [3.8, 4) is 0 Å². The van der Waals surface area contributed by atoms with E-state index in [1.54, 1.807) is 14.2 Å². The van der Waals surface area contributed by atoms with Gasteiger partial charge in [-0.15, -0.1) is 0 Å². The van der Waals surface area contributed by atoms with Crippen LogP contribution in [0.4, 0.5) is 0 Å². The lowest BCUT2D eigenvalue weighted by molar-refractivity contribution is 0.113. The van der Waals surface area contributed by atoms with Crippen molar-refractivity contribution in [2.24, 2.45) is 0 Å². The van der Waals surface area contributed by atoms with Gasteiger partial charge in [-0.1, -0.05) is 0 Å². The minimum atomic E-state index is 0.767. The van der Waals surface area contributed by atoms with E-state index in [2.05, 4.69) is 10.2 Å². The molecule has 0 aliphatic carbocycles. The summed E-state index contributed by atoms with van der Waals surface area (Å²) in [4.78, 5) is 2.33. The average Bonchev–Trinajstić information content (AvgIpc) is 2.35. The fourth-order valence-electron chi connectivity index (χ4n) is 1.43. The van der Waals surface area contributed by atoms with Crippen LogP contribution < -0.4 is 5.32 Å². The van der Waals surface area contributed by atoms with Gasteiger partial charge in [0.15, 0.2) is 0 Å². The number of nitrogens with zero attached hydrogens (tertiary/aromatic N) is 1. The lowest BCUT2D eigenvalue weighted by Gasteiger charge is -2.21. The molecule has 0 aromatic heterocycles. The van der Waals surface area contributed by atoms with E-state index in [0.717, 1.165) is 59.2 Å². The average molecular weight is 248 g/mol. The molecular weight excluding hydrogens is 220 g/mol. The SMILES string of the molecule is CCOCCNCCN(CCOC)CCOC. The first-order valence-electron chi connectivity index (χ1n) is 6.33. The van der Waals surface area contributed by atoms with Gasteiger partial charge in [0.25, 0.3) is 0 Å². The number of nitrogens with one attached hydrogen (secondary N) is 1. The standard InChI is InChI=1S/C12H28N2O3/c1-4-17-10-6-13-5-7-14(8-11-15-2)9-12-16-3/h13H,4-12H2,1-3H3. The highest BCUT2D eigenvalue weighted by molar-refractivity contribution is 4.59. The van der Waals surface area contributed by atoms with E-state index in [9.17, 15) is 0 Å². The predicted molar refractivity (Wildman–Crippen MR) is 69.6 cm³/mol. The van der Waals surface area contributed by atoms with Gasteiger partial charge in [0.1, 0.15) is 0 Å². The zero-order valence-corrected chi connectivity index (χ0v) is 11.5. The van der Waals surface area contributed by atoms with Gasteiger partial charge in [0, 0.05) is 53.6 Å². The summed E-state index contributed by atoms with van der Waals surface area (Å²) in [5.74, 6) is 0. The Morgan fingerprint density at radius 1 is 0.882 bits per heavy atom. The second kappa shape index (κ2) is 13.9. The Labute approximate surface area is 105 Å². The molecule has 17 heavy (non-hydrogen) atoms. The zero-order valence-electron chi connectivity index (χ0n) is 11.5. The van der Waals surface area contributed by atoms with Gasteiger partial charge in [0.2, 0.25) is 0 Å². The fraction of sp³-hybridized carbons (Fsp3) is 1.00. The normalized spacial score (nSPS) is 11.3. The second-order valence-electron chi connectivity index (χ2n) is 3.77. The van der Waals surface area contributed by atoms with E-state index in [4.69, 9.17) is 14.2 Å². The summed E-state index contributed by atoms with van der Waals surface area (Å²) in [5.41, 5.74) is 0. The molecule has 104 valence electrons. The summed E-state index contributed by atoms with van der Waals surface area (Å²) < 4.78 is 15.4. The van der Waals surface area contributed by atoms with E-state index in [-0.39, 0.29) is 0 Å². The number of methoxy groups -OCH3 is 2. The molecule has 0 saturated carbocycles. The smallest absolute Gasteiger partial charge is 0.0590 e. The molecule has 0 fully saturated rings. The fourth-order valence-corrected chi connectivity index (χ4v) is 1.43. The molecule has 0 rings (SSSR count). The van der Waals surface area contributed by atoms with Crippen LogP contribution in [0.25, 0.3) is 0 Å². The number of hydrogen-bond donors (Lipinski definition) is 1. The first-order chi connectivity index (χ1) is 8.35. The number of hydrogen-bond acceptors (Lipinski definition) is 5. The highest BCUT2D eigenvalue weighted by Gasteiger charge is 2.03. The maximum atomic E-state index is 5.25. The third-order valence-electron chi connectivity index (χ3n) is 2.46. The molecule has 0 radical (unpaired) electrons. The van der Waals surface area contributed by atoms with Gasteiger partial charge in [-0.05, 0) is 6.92 Å². The van der Waals surface area contributed by atoms with Crippen LogP contribution in [0.3, 0.4) is 0 Å². The molecule has 0 heterocycles. The van der Waals surface area contributed by atoms with Crippen LogP contribution in [0.5, 0.6) is 0 Å². The number of ether oxygens (including phenoxy) is 3. The van der Waals surface area contributed by atoms with Gasteiger partial charge in [-0.25, -0.2) is 0 Å². The van der Waals surface area contributed by atoms with E-state index >= 15 is 0 Å². The maximum Gasteiger partial charge on any atom is 0.0590 e. The third-order valence-corrected chi connectivity index (χ3v) is 2.46. The van der Waals surface area contributed by atoms with Gasteiger partial charge < -0.3 is 19.5 Å². The predicted octanol–water partition coefficient (Wildman–Crippen LogP) is 0.207. The molecule has 0 bridgehead atoms. The van der Waals surface area contributed by atoms with Crippen molar-refractivity contribution < 1.29 is 14.2 Å². The molecular formula is C12H28N2O3. The van der Waals surface area contributed by atoms with Gasteiger partial charge in [0.05, 0.1) is 19.8 Å². The second-order valence-corrected chi connectivity index (χ2v) is 3.77. The lowest BCUT2D eigenvalue weighted by atomic mass is 10.4. The molecule has 5 nitrogen and oxygen atoms in total. The largest absolute Gasteiger partial charge is 0.383 e. The van der Waals surface area contributed by atoms with Crippen LogP contribution in [0.15, 0.2) is 0 Å². The van der Waals surface area contributed by atoms with E-state index in [0.29, 0.717) is 0 Å². The van der Waals surface area contributed by atoms with Crippen LogP contribution in [-0.2, 0) is 14.2 Å². The maximum absolute atomic E-state index is 5.25. The highest BCUT2D eigenvalue weighted by Crippen LogP contribution is 1.88. The van der Waals surface area contributed by atoms with Crippen LogP contribution >= 0.6 is 0 Å². The van der Waals surface area contributed by atoms with Crippen LogP contribution in [0, 0.1) is 0 Å². The Bertz CT molecular complexity index is 140. The van der Waals surface area contributed by atoms with Crippen molar-refractivity contribution in [1.82, 2.24) is 10.2 Å². The van der Waals surface area contributed by atoms with Gasteiger partial charge in [-0.3, -0.25) is 4.90 Å². The summed E-state index contributed by atoms with van der Waals surface area (Å²) in [6, 6.07) is 0. The van der Waals surface area contributed by atoms with Crippen molar-refractivity contribution in [3.05, 3.63) is 0 Å². The van der Waals surface area contributed by atoms with Crippen LogP contribution in [0.1, 0.15) is 6.92 Å². The Balaban J connectivity index is 3.45. The van der Waals surface area contributed by atoms with Crippen molar-refractivity contribution in [1.29, 1.82) is 0 Å². The molecule has 1 N–H and O–H groups in total. The quantitative estimate of drug-likeness (QED) is 0.472. The molecule has 0 atom stereocenters. The van der Waals surface area contributed by atoms with Crippen molar-refractivity contribution in [2.75, 3.05) is 73.4 Å². The Morgan fingerprint density at radius 3 is 2.06 bits per heavy atom. The highest BCUT2D eigenvalue weighted by atomic mass is 16.5. The Hall–Kier alpha value is -0.200. The van der Waals surface area contributed by atoms with E-state index in [1.165, 1.54) is 0 Å². The van der Waals surface area contributed by atoms with E-state index in [1.807, 2.05) is 6.92 Å². The van der Waals surface area contributed by atoms with Gasteiger partial charge >= 0.3 is 0 Å². The van der Waals surface area contributed by atoms with Crippen molar-refractivity contribution >= 4 is 0 Å². The molecule has 0 amide bonds. The van der Waals surface area contributed by atoms with Crippen molar-refractivity contribution in [3.63, 3.8) is 0 Å². The molecule has 0 unspecified atom stereocenters. The minimum absolute atomic E-state index is 0.767.